The molecule has 1 heterocycles. The van der Waals surface area contributed by atoms with E-state index in [-0.39, 0.29) is 13.2 Å². The van der Waals surface area contributed by atoms with Crippen molar-refractivity contribution in [3.63, 3.8) is 0 Å². The van der Waals surface area contributed by atoms with E-state index in [0.29, 0.717) is 37.6 Å². The molecule has 2 rings (SSSR count). The minimum atomic E-state index is -0.461. The number of hydrogen-bond donors (Lipinski definition) is 0. The van der Waals surface area contributed by atoms with E-state index in [2.05, 4.69) is 0 Å². The molecule has 1 aliphatic rings. The number of carbonyl (C=O) groups excluding carboxylic acids is 2. The molecule has 0 unspecified atom stereocenters. The van der Waals surface area contributed by atoms with Crippen LogP contribution in [0.5, 0.6) is 0 Å². The predicted molar refractivity (Wildman–Crippen MR) is 78.4 cm³/mol. The lowest BCUT2D eigenvalue weighted by atomic mass is 10.1. The summed E-state index contributed by atoms with van der Waals surface area (Å²) in [7, 11) is 0. The van der Waals surface area contributed by atoms with Gasteiger partial charge in [-0.25, -0.2) is 9.59 Å². The van der Waals surface area contributed by atoms with E-state index in [1.807, 2.05) is 0 Å². The molecule has 1 aliphatic heterocycles. The maximum Gasteiger partial charge on any atom is 0.338 e. The number of ether oxygens (including phenoxy) is 4. The van der Waals surface area contributed by atoms with E-state index >= 15 is 0 Å². The fourth-order valence-electron chi connectivity index (χ4n) is 1.78. The summed E-state index contributed by atoms with van der Waals surface area (Å²) in [5.74, 6) is -0.890. The third-order valence-electron chi connectivity index (χ3n) is 2.84. The SMILES string of the molecule is O=C1/C=C/c2cccc(c2)C(=O)OCCOCCOCCO1. The van der Waals surface area contributed by atoms with Crippen LogP contribution in [0, 0.1) is 0 Å². The largest absolute Gasteiger partial charge is 0.460 e. The second-order valence-corrected chi connectivity index (χ2v) is 4.49. The molecule has 2 bridgehead atoms. The number of rotatable bonds is 0. The van der Waals surface area contributed by atoms with Crippen molar-refractivity contribution in [3.05, 3.63) is 41.5 Å². The van der Waals surface area contributed by atoms with Gasteiger partial charge in [-0.1, -0.05) is 12.1 Å². The molecule has 0 saturated heterocycles. The molecule has 0 radical (unpaired) electrons. The Labute approximate surface area is 128 Å². The van der Waals surface area contributed by atoms with E-state index in [1.54, 1.807) is 30.3 Å². The zero-order valence-electron chi connectivity index (χ0n) is 12.2. The number of benzene rings is 1. The minimum Gasteiger partial charge on any atom is -0.460 e. The molecule has 0 saturated carbocycles. The lowest BCUT2D eigenvalue weighted by Crippen LogP contribution is -2.14. The summed E-state index contributed by atoms with van der Waals surface area (Å²) < 4.78 is 20.6. The molecular formula is C16H18O6. The van der Waals surface area contributed by atoms with Crippen LogP contribution in [0.1, 0.15) is 15.9 Å². The third-order valence-corrected chi connectivity index (χ3v) is 2.84. The van der Waals surface area contributed by atoms with Gasteiger partial charge in [0, 0.05) is 6.08 Å². The first-order valence-electron chi connectivity index (χ1n) is 7.03. The highest BCUT2D eigenvalue weighted by Gasteiger charge is 2.07. The van der Waals surface area contributed by atoms with Gasteiger partial charge in [0.2, 0.25) is 0 Å². The molecule has 0 atom stereocenters. The van der Waals surface area contributed by atoms with E-state index in [1.165, 1.54) is 6.08 Å². The molecule has 0 spiro atoms. The molecule has 6 nitrogen and oxygen atoms in total. The average molecular weight is 306 g/mol. The Morgan fingerprint density at radius 1 is 0.773 bits per heavy atom. The summed E-state index contributed by atoms with van der Waals surface area (Å²) in [5, 5.41) is 0. The molecule has 22 heavy (non-hydrogen) atoms. The van der Waals surface area contributed by atoms with Crippen LogP contribution in [-0.4, -0.2) is 51.6 Å². The van der Waals surface area contributed by atoms with Crippen molar-refractivity contribution in [2.75, 3.05) is 39.6 Å². The Kier molecular flexibility index (Phi) is 6.60. The summed E-state index contributed by atoms with van der Waals surface area (Å²) in [4.78, 5) is 23.4. The van der Waals surface area contributed by atoms with Gasteiger partial charge >= 0.3 is 11.9 Å². The standard InChI is InChI=1S/C16H18O6/c17-15-5-4-13-2-1-3-14(12-13)16(18)22-11-9-20-7-6-19-8-10-21-15/h1-5,12H,6-11H2/b5-4+. The summed E-state index contributed by atoms with van der Waals surface area (Å²) in [6.45, 7) is 1.77. The van der Waals surface area contributed by atoms with Crippen LogP contribution in [-0.2, 0) is 23.7 Å². The van der Waals surface area contributed by atoms with Crippen LogP contribution >= 0.6 is 0 Å². The second kappa shape index (κ2) is 8.96. The highest BCUT2D eigenvalue weighted by atomic mass is 16.6. The number of fused-ring (bicyclic) bond motifs is 2. The average Bonchev–Trinajstić information content (AvgIpc) is 2.54. The minimum absolute atomic E-state index is 0.181. The lowest BCUT2D eigenvalue weighted by molar-refractivity contribution is -0.139. The fraction of sp³-hybridized carbons (Fsp3) is 0.375. The summed E-state index contributed by atoms with van der Waals surface area (Å²) in [6.07, 6.45) is 2.90. The Bertz CT molecular complexity index is 537. The zero-order chi connectivity index (χ0) is 15.6. The molecule has 1 aromatic rings. The molecule has 118 valence electrons. The van der Waals surface area contributed by atoms with Gasteiger partial charge in [-0.3, -0.25) is 0 Å². The fourth-order valence-corrected chi connectivity index (χ4v) is 1.78. The van der Waals surface area contributed by atoms with Gasteiger partial charge in [0.25, 0.3) is 0 Å². The first-order valence-corrected chi connectivity index (χ1v) is 7.03. The second-order valence-electron chi connectivity index (χ2n) is 4.49. The van der Waals surface area contributed by atoms with Crippen LogP contribution in [0.15, 0.2) is 30.3 Å². The topological polar surface area (TPSA) is 71.1 Å². The van der Waals surface area contributed by atoms with Crippen molar-refractivity contribution >= 4 is 18.0 Å². The number of carbonyl (C=O) groups is 2. The van der Waals surface area contributed by atoms with Crippen molar-refractivity contribution in [2.45, 2.75) is 0 Å². The van der Waals surface area contributed by atoms with Crippen LogP contribution in [0.25, 0.3) is 6.08 Å². The summed E-state index contributed by atoms with van der Waals surface area (Å²) in [6, 6.07) is 6.80. The quantitative estimate of drug-likeness (QED) is 0.676. The first kappa shape index (κ1) is 16.2. The highest BCUT2D eigenvalue weighted by Crippen LogP contribution is 2.09. The molecule has 0 aliphatic carbocycles. The number of hydrogen-bond acceptors (Lipinski definition) is 6. The monoisotopic (exact) mass is 306 g/mol. The van der Waals surface area contributed by atoms with E-state index in [9.17, 15) is 9.59 Å². The smallest absolute Gasteiger partial charge is 0.338 e. The van der Waals surface area contributed by atoms with Crippen molar-refractivity contribution in [1.29, 1.82) is 0 Å². The van der Waals surface area contributed by atoms with Gasteiger partial charge < -0.3 is 18.9 Å². The molecule has 0 aromatic heterocycles. The van der Waals surface area contributed by atoms with E-state index in [0.717, 1.165) is 0 Å². The van der Waals surface area contributed by atoms with E-state index in [4.69, 9.17) is 18.9 Å². The van der Waals surface area contributed by atoms with Crippen molar-refractivity contribution in [1.82, 2.24) is 0 Å². The van der Waals surface area contributed by atoms with Crippen LogP contribution in [0.2, 0.25) is 0 Å². The Morgan fingerprint density at radius 3 is 2.23 bits per heavy atom. The number of cyclic esters (lactones) is 2. The highest BCUT2D eigenvalue weighted by molar-refractivity contribution is 5.91. The van der Waals surface area contributed by atoms with Gasteiger partial charge in [0.05, 0.1) is 32.0 Å². The van der Waals surface area contributed by atoms with Gasteiger partial charge in [-0.15, -0.1) is 0 Å². The summed E-state index contributed by atoms with van der Waals surface area (Å²) >= 11 is 0. The predicted octanol–water partition coefficient (Wildman–Crippen LogP) is 1.45. The van der Waals surface area contributed by atoms with Crippen molar-refractivity contribution < 1.29 is 28.5 Å². The molecule has 6 heteroatoms. The Morgan fingerprint density at radius 2 is 1.45 bits per heavy atom. The Hall–Kier alpha value is -2.18. The van der Waals surface area contributed by atoms with Crippen LogP contribution < -0.4 is 0 Å². The van der Waals surface area contributed by atoms with Gasteiger partial charge in [-0.2, -0.15) is 0 Å². The first-order chi connectivity index (χ1) is 10.8. The van der Waals surface area contributed by atoms with Crippen LogP contribution in [0.4, 0.5) is 0 Å². The molecule has 0 fully saturated rings. The van der Waals surface area contributed by atoms with Gasteiger partial charge in [0.1, 0.15) is 13.2 Å². The van der Waals surface area contributed by atoms with Crippen molar-refractivity contribution in [3.8, 4) is 0 Å². The van der Waals surface area contributed by atoms with E-state index < -0.39 is 11.9 Å². The summed E-state index contributed by atoms with van der Waals surface area (Å²) in [5.41, 5.74) is 1.13. The Balaban J connectivity index is 2.05. The molecule has 0 amide bonds. The maximum atomic E-state index is 11.9. The molecular weight excluding hydrogens is 288 g/mol. The normalized spacial score (nSPS) is 19.6. The zero-order valence-corrected chi connectivity index (χ0v) is 12.2. The van der Waals surface area contributed by atoms with Gasteiger partial charge in [0.15, 0.2) is 0 Å². The maximum absolute atomic E-state index is 11.9. The van der Waals surface area contributed by atoms with Crippen molar-refractivity contribution in [2.24, 2.45) is 0 Å². The number of esters is 2. The molecule has 1 aromatic carbocycles. The lowest BCUT2D eigenvalue weighted by Gasteiger charge is -2.07. The van der Waals surface area contributed by atoms with Gasteiger partial charge in [-0.05, 0) is 23.8 Å². The van der Waals surface area contributed by atoms with Crippen LogP contribution in [0.3, 0.4) is 0 Å². The third kappa shape index (κ3) is 5.67. The molecule has 0 N–H and O–H groups in total.